The normalized spacial score (nSPS) is 19.5. The molecule has 1 saturated heterocycles. The summed E-state index contributed by atoms with van der Waals surface area (Å²) in [6.45, 7) is 4.01. The number of carbonyl (C=O) groups excluding carboxylic acids is 1. The molecule has 0 unspecified atom stereocenters. The maximum atomic E-state index is 13.4. The first-order valence-electron chi connectivity index (χ1n) is 11.6. The van der Waals surface area contributed by atoms with Crippen molar-refractivity contribution in [2.24, 2.45) is 5.73 Å². The van der Waals surface area contributed by atoms with Gasteiger partial charge in [0.2, 0.25) is 0 Å². The summed E-state index contributed by atoms with van der Waals surface area (Å²) in [5, 5.41) is 0. The lowest BCUT2D eigenvalue weighted by Gasteiger charge is -2.33. The van der Waals surface area contributed by atoms with Gasteiger partial charge in [-0.2, -0.15) is 13.2 Å². The van der Waals surface area contributed by atoms with Crippen LogP contribution >= 0.6 is 0 Å². The molecule has 0 radical (unpaired) electrons. The van der Waals surface area contributed by atoms with Gasteiger partial charge in [-0.25, -0.2) is 9.97 Å². The van der Waals surface area contributed by atoms with Gasteiger partial charge in [0.1, 0.15) is 17.3 Å². The summed E-state index contributed by atoms with van der Waals surface area (Å²) in [4.78, 5) is 26.6. The zero-order valence-electron chi connectivity index (χ0n) is 18.7. The van der Waals surface area contributed by atoms with Crippen molar-refractivity contribution in [2.45, 2.75) is 63.7 Å². The molecule has 6 nitrogen and oxygen atoms in total. The minimum Gasteiger partial charge on any atom is -0.352 e. The summed E-state index contributed by atoms with van der Waals surface area (Å²) in [7, 11) is 0. The second-order valence-electron chi connectivity index (χ2n) is 9.44. The Bertz CT molecular complexity index is 1070. The van der Waals surface area contributed by atoms with Crippen molar-refractivity contribution in [3.63, 3.8) is 0 Å². The number of piperidine rings is 1. The summed E-state index contributed by atoms with van der Waals surface area (Å²) in [5.74, 6) is 1.47. The molecule has 2 fully saturated rings. The number of hydrogen-bond acceptors (Lipinski definition) is 5. The van der Waals surface area contributed by atoms with Crippen molar-refractivity contribution in [3.8, 4) is 0 Å². The first kappa shape index (κ1) is 22.1. The predicted molar refractivity (Wildman–Crippen MR) is 118 cm³/mol. The molecule has 9 heteroatoms. The van der Waals surface area contributed by atoms with Crippen LogP contribution in [0.25, 0.3) is 0 Å². The molecule has 1 aromatic heterocycles. The van der Waals surface area contributed by atoms with Crippen molar-refractivity contribution in [1.29, 1.82) is 0 Å². The van der Waals surface area contributed by atoms with Gasteiger partial charge in [-0.3, -0.25) is 4.79 Å². The first-order chi connectivity index (χ1) is 15.7. The Balaban J connectivity index is 1.48. The third kappa shape index (κ3) is 4.43. The third-order valence-electron chi connectivity index (χ3n) is 6.95. The summed E-state index contributed by atoms with van der Waals surface area (Å²) in [6.07, 6.45) is -0.231. The topological polar surface area (TPSA) is 75.3 Å². The number of halogens is 3. The molecule has 2 aromatic rings. The van der Waals surface area contributed by atoms with Crippen molar-refractivity contribution in [2.75, 3.05) is 24.5 Å². The van der Waals surface area contributed by atoms with E-state index in [0.717, 1.165) is 37.3 Å². The number of benzene rings is 1. The summed E-state index contributed by atoms with van der Waals surface area (Å²) >= 11 is 0. The number of nitrogens with zero attached hydrogens (tertiary/aromatic N) is 4. The molecule has 176 valence electrons. The van der Waals surface area contributed by atoms with Crippen LogP contribution in [0.4, 0.5) is 19.0 Å². The molecule has 2 N–H and O–H groups in total. The SMILES string of the molecule is Cc1c(C(=O)N2CCC(N)CC2)nc(C2CC2)nc1N1CCc2ccc(C(F)(F)F)cc2C1. The number of anilines is 1. The lowest BCUT2D eigenvalue weighted by molar-refractivity contribution is -0.137. The van der Waals surface area contributed by atoms with E-state index in [1.54, 1.807) is 11.0 Å². The van der Waals surface area contributed by atoms with Gasteiger partial charge >= 0.3 is 6.18 Å². The molecule has 1 aliphatic carbocycles. The van der Waals surface area contributed by atoms with E-state index in [1.165, 1.54) is 6.07 Å². The molecule has 5 rings (SSSR count). The number of likely N-dealkylation sites (tertiary alicyclic amines) is 1. The lowest BCUT2D eigenvalue weighted by atomic mass is 9.96. The molecule has 3 heterocycles. The van der Waals surface area contributed by atoms with Gasteiger partial charge in [0, 0.05) is 43.7 Å². The van der Waals surface area contributed by atoms with E-state index in [4.69, 9.17) is 10.7 Å². The van der Waals surface area contributed by atoms with Crippen LogP contribution in [0.15, 0.2) is 18.2 Å². The molecule has 1 aromatic carbocycles. The van der Waals surface area contributed by atoms with Crippen LogP contribution < -0.4 is 10.6 Å². The average molecular weight is 460 g/mol. The number of rotatable bonds is 3. The van der Waals surface area contributed by atoms with Gasteiger partial charge in [0.15, 0.2) is 0 Å². The van der Waals surface area contributed by atoms with Crippen LogP contribution in [0.5, 0.6) is 0 Å². The molecule has 0 bridgehead atoms. The molecule has 1 saturated carbocycles. The molecular weight excluding hydrogens is 431 g/mol. The lowest BCUT2D eigenvalue weighted by Crippen LogP contribution is -2.43. The highest BCUT2D eigenvalue weighted by Gasteiger charge is 2.34. The first-order valence-corrected chi connectivity index (χ1v) is 11.6. The standard InChI is InChI=1S/C24H28F3N5O/c1-14-20(23(33)31-10-7-19(28)8-11-31)29-21(16-2-3-16)30-22(14)32-9-6-15-4-5-18(24(25,26)27)12-17(15)13-32/h4-5,12,16,19H,2-3,6-11,13,28H2,1H3. The van der Waals surface area contributed by atoms with Crippen LogP contribution in [0, 0.1) is 6.92 Å². The summed E-state index contributed by atoms with van der Waals surface area (Å²) in [5.41, 5.74) is 8.03. The number of nitrogens with two attached hydrogens (primary N) is 1. The number of amides is 1. The molecule has 33 heavy (non-hydrogen) atoms. The minimum absolute atomic E-state index is 0.110. The van der Waals surface area contributed by atoms with E-state index >= 15 is 0 Å². The van der Waals surface area contributed by atoms with Crippen molar-refractivity contribution in [1.82, 2.24) is 14.9 Å². The highest BCUT2D eigenvalue weighted by molar-refractivity contribution is 5.95. The van der Waals surface area contributed by atoms with Gasteiger partial charge in [-0.15, -0.1) is 0 Å². The van der Waals surface area contributed by atoms with E-state index in [1.807, 2.05) is 11.8 Å². The van der Waals surface area contributed by atoms with Gasteiger partial charge < -0.3 is 15.5 Å². The fraction of sp³-hybridized carbons (Fsp3) is 0.542. The van der Waals surface area contributed by atoms with Gasteiger partial charge in [-0.1, -0.05) is 6.07 Å². The van der Waals surface area contributed by atoms with Gasteiger partial charge in [0.05, 0.1) is 5.56 Å². The van der Waals surface area contributed by atoms with E-state index in [-0.39, 0.29) is 17.9 Å². The Hall–Kier alpha value is -2.68. The number of hydrogen-bond donors (Lipinski definition) is 1. The number of alkyl halides is 3. The Kier molecular flexibility index (Phi) is 5.55. The van der Waals surface area contributed by atoms with Gasteiger partial charge in [0.25, 0.3) is 5.91 Å². The third-order valence-corrected chi connectivity index (χ3v) is 6.95. The van der Waals surface area contributed by atoms with Crippen LogP contribution in [0.3, 0.4) is 0 Å². The number of carbonyl (C=O) groups is 1. The van der Waals surface area contributed by atoms with Crippen LogP contribution in [0.2, 0.25) is 0 Å². The Morgan fingerprint density at radius 3 is 2.45 bits per heavy atom. The van der Waals surface area contributed by atoms with Crippen LogP contribution in [-0.4, -0.2) is 46.5 Å². The molecule has 1 amide bonds. The zero-order valence-corrected chi connectivity index (χ0v) is 18.7. The van der Waals surface area contributed by atoms with Crippen molar-refractivity contribution in [3.05, 3.63) is 52.0 Å². The van der Waals surface area contributed by atoms with Crippen molar-refractivity contribution < 1.29 is 18.0 Å². The maximum absolute atomic E-state index is 13.4. The van der Waals surface area contributed by atoms with E-state index in [2.05, 4.69) is 4.98 Å². The van der Waals surface area contributed by atoms with Crippen molar-refractivity contribution >= 4 is 11.7 Å². The predicted octanol–water partition coefficient (Wildman–Crippen LogP) is 3.81. The van der Waals surface area contributed by atoms with Gasteiger partial charge in [-0.05, 0) is 62.3 Å². The molecular formula is C24H28F3N5O. The monoisotopic (exact) mass is 459 g/mol. The molecule has 0 spiro atoms. The largest absolute Gasteiger partial charge is 0.416 e. The fourth-order valence-electron chi connectivity index (χ4n) is 4.73. The Morgan fingerprint density at radius 1 is 1.06 bits per heavy atom. The molecule has 3 aliphatic rings. The maximum Gasteiger partial charge on any atom is 0.416 e. The zero-order chi connectivity index (χ0) is 23.3. The molecule has 0 atom stereocenters. The fourth-order valence-corrected chi connectivity index (χ4v) is 4.73. The number of aromatic nitrogens is 2. The quantitative estimate of drug-likeness (QED) is 0.756. The Labute approximate surface area is 191 Å². The molecule has 2 aliphatic heterocycles. The van der Waals surface area contributed by atoms with Crippen LogP contribution in [-0.2, 0) is 19.1 Å². The summed E-state index contributed by atoms with van der Waals surface area (Å²) in [6, 6.07) is 4.08. The van der Waals surface area contributed by atoms with E-state index in [0.29, 0.717) is 61.1 Å². The summed E-state index contributed by atoms with van der Waals surface area (Å²) < 4.78 is 39.7. The van der Waals surface area contributed by atoms with E-state index in [9.17, 15) is 18.0 Å². The smallest absolute Gasteiger partial charge is 0.352 e. The highest BCUT2D eigenvalue weighted by Crippen LogP contribution is 2.40. The highest BCUT2D eigenvalue weighted by atomic mass is 19.4. The second-order valence-corrected chi connectivity index (χ2v) is 9.44. The number of fused-ring (bicyclic) bond motifs is 1. The Morgan fingerprint density at radius 2 is 1.79 bits per heavy atom. The van der Waals surface area contributed by atoms with Crippen LogP contribution in [0.1, 0.15) is 70.2 Å². The van der Waals surface area contributed by atoms with E-state index < -0.39 is 11.7 Å². The average Bonchev–Trinajstić information content (AvgIpc) is 3.63. The second kappa shape index (κ2) is 8.27. The minimum atomic E-state index is -4.38.